The average Bonchev–Trinajstić information content (AvgIpc) is 2.99. The third-order valence-electron chi connectivity index (χ3n) is 6.13. The molecule has 0 aliphatic rings. The van der Waals surface area contributed by atoms with E-state index in [1.165, 1.54) is 19.2 Å². The Morgan fingerprint density at radius 1 is 0.630 bits per heavy atom. The summed E-state index contributed by atoms with van der Waals surface area (Å²) in [5.41, 5.74) is 9.81. The predicted octanol–water partition coefficient (Wildman–Crippen LogP) is 5.96. The van der Waals surface area contributed by atoms with Crippen LogP contribution in [0.5, 0.6) is 5.75 Å². The molecule has 5 aromatic rings. The number of nitrogens with zero attached hydrogens (tertiary/aromatic N) is 4. The Labute approximate surface area is 265 Å². The maximum absolute atomic E-state index is 11.9. The summed E-state index contributed by atoms with van der Waals surface area (Å²) < 4.78 is 89.5. The first kappa shape index (κ1) is 35.1. The average molecular weight is 686 g/mol. The van der Waals surface area contributed by atoms with Crippen LogP contribution in [0.2, 0.25) is 0 Å². The van der Waals surface area contributed by atoms with E-state index in [4.69, 9.17) is 35.7 Å². The van der Waals surface area contributed by atoms with Gasteiger partial charge >= 0.3 is 21.2 Å². The summed E-state index contributed by atoms with van der Waals surface area (Å²) in [6.07, 6.45) is 0. The highest BCUT2D eigenvalue weighted by molar-refractivity contribution is 7.85. The topological polar surface area (TPSA) is 241 Å². The molecule has 5 aromatic carbocycles. The van der Waals surface area contributed by atoms with Crippen LogP contribution < -0.4 is 10.5 Å². The van der Waals surface area contributed by atoms with Crippen molar-refractivity contribution in [2.45, 2.75) is 11.8 Å². The number of methoxy groups -OCH3 is 1. The summed E-state index contributed by atoms with van der Waals surface area (Å²) in [5.74, 6) is 0.461. The predicted molar refractivity (Wildman–Crippen MR) is 168 cm³/mol. The monoisotopic (exact) mass is 685 g/mol. The van der Waals surface area contributed by atoms with Gasteiger partial charge in [0, 0.05) is 27.6 Å². The molecule has 0 unspecified atom stereocenters. The number of anilines is 1. The van der Waals surface area contributed by atoms with Crippen molar-refractivity contribution in [3.63, 3.8) is 0 Å². The minimum Gasteiger partial charge on any atom is -0.494 e. The van der Waals surface area contributed by atoms with E-state index >= 15 is 0 Å². The lowest BCUT2D eigenvalue weighted by atomic mass is 10.1. The van der Waals surface area contributed by atoms with E-state index in [0.717, 1.165) is 16.3 Å². The fraction of sp³-hybridized carbons (Fsp3) is 0.0714. The Morgan fingerprint density at radius 3 is 1.67 bits per heavy atom. The zero-order valence-electron chi connectivity index (χ0n) is 23.8. The van der Waals surface area contributed by atoms with Crippen LogP contribution in [0.4, 0.5) is 28.4 Å². The summed E-state index contributed by atoms with van der Waals surface area (Å²) in [5, 5.41) is 20.2. The van der Waals surface area contributed by atoms with Gasteiger partial charge in [-0.15, -0.1) is 40.6 Å². The molecular weight excluding hydrogens is 663 g/mol. The largest absolute Gasteiger partial charge is 0.494 e. The molecule has 0 aliphatic carbocycles. The maximum atomic E-state index is 11.9. The highest BCUT2D eigenvalue weighted by Gasteiger charge is 2.15. The molecule has 5 rings (SSSR count). The Morgan fingerprint density at radius 2 is 1.11 bits per heavy atom. The third kappa shape index (κ3) is 9.29. The lowest BCUT2D eigenvalue weighted by molar-refractivity contribution is 0.417. The van der Waals surface area contributed by atoms with Gasteiger partial charge in [0.1, 0.15) is 5.75 Å². The van der Waals surface area contributed by atoms with Crippen molar-refractivity contribution in [3.05, 3.63) is 90.5 Å². The summed E-state index contributed by atoms with van der Waals surface area (Å²) in [7, 11) is -9.15. The fourth-order valence-corrected chi connectivity index (χ4v) is 4.63. The van der Waals surface area contributed by atoms with Crippen LogP contribution in [0.3, 0.4) is 0 Å². The molecule has 0 fully saturated rings. The summed E-state index contributed by atoms with van der Waals surface area (Å²) in [6.45, 7) is 1.93. The molecule has 15 nitrogen and oxygen atoms in total. The molecule has 0 heterocycles. The van der Waals surface area contributed by atoms with Gasteiger partial charge in [0.25, 0.3) is 10.1 Å². The van der Waals surface area contributed by atoms with Crippen LogP contribution in [-0.2, 0) is 31.3 Å². The fourth-order valence-electron chi connectivity index (χ4n) is 4.13. The highest BCUT2D eigenvalue weighted by Crippen LogP contribution is 2.40. The van der Waals surface area contributed by atoms with E-state index < -0.39 is 31.3 Å². The van der Waals surface area contributed by atoms with Gasteiger partial charge in [-0.1, -0.05) is 48.5 Å². The van der Waals surface area contributed by atoms with Crippen molar-refractivity contribution >= 4 is 81.3 Å². The van der Waals surface area contributed by atoms with Crippen molar-refractivity contribution in [1.29, 1.82) is 0 Å². The number of aryl methyl sites for hydroxylation is 1. The van der Waals surface area contributed by atoms with Crippen molar-refractivity contribution < 1.29 is 43.0 Å². The lowest BCUT2D eigenvalue weighted by Crippen LogP contribution is -1.97. The molecule has 0 saturated heterocycles. The van der Waals surface area contributed by atoms with Crippen LogP contribution >= 0.6 is 0 Å². The van der Waals surface area contributed by atoms with E-state index in [9.17, 15) is 13.0 Å². The second kappa shape index (κ2) is 15.5. The van der Waals surface area contributed by atoms with Gasteiger partial charge in [0.2, 0.25) is 0 Å². The molecule has 0 aromatic heterocycles. The number of azo groups is 2. The molecule has 18 heteroatoms. The van der Waals surface area contributed by atoms with E-state index in [2.05, 4.69) is 20.5 Å². The quantitative estimate of drug-likeness (QED) is 0.120. The van der Waals surface area contributed by atoms with Crippen molar-refractivity contribution in [2.24, 2.45) is 20.5 Å². The van der Waals surface area contributed by atoms with Crippen LogP contribution in [-0.4, -0.2) is 45.3 Å². The van der Waals surface area contributed by atoms with Gasteiger partial charge in [-0.3, -0.25) is 4.55 Å². The first-order valence-electron chi connectivity index (χ1n) is 12.5. The van der Waals surface area contributed by atoms with E-state index in [1.807, 2.05) is 55.5 Å². The van der Waals surface area contributed by atoms with Crippen molar-refractivity contribution in [1.82, 2.24) is 0 Å². The zero-order chi connectivity index (χ0) is 34.0. The normalized spacial score (nSPS) is 11.1. The Kier molecular flexibility index (Phi) is 11.8. The van der Waals surface area contributed by atoms with Gasteiger partial charge in [0.05, 0.1) is 40.4 Å². The lowest BCUT2D eigenvalue weighted by Gasteiger charge is -2.10. The summed E-state index contributed by atoms with van der Waals surface area (Å²) in [6, 6.07) is 24.4. The van der Waals surface area contributed by atoms with E-state index in [1.54, 1.807) is 24.3 Å². The molecule has 0 radical (unpaired) electrons. The zero-order valence-corrected chi connectivity index (χ0v) is 26.2. The number of rotatable bonds is 6. The van der Waals surface area contributed by atoms with Crippen LogP contribution in [0.1, 0.15) is 5.56 Å². The first-order valence-corrected chi connectivity index (χ1v) is 16.0. The molecule has 238 valence electrons. The van der Waals surface area contributed by atoms with Crippen molar-refractivity contribution in [3.8, 4) is 5.75 Å². The SMILES string of the molecule is COc1cc(N=Nc2ccc(N=Nc3ccccc3C)c3ccc(S(=O)(=O)O)cc23)c2ccccc2c1N.O=S(=O)=O.O=S(=O)=O. The first-order chi connectivity index (χ1) is 21.7. The molecule has 0 spiro atoms. The molecule has 46 heavy (non-hydrogen) atoms. The molecule has 0 saturated carbocycles. The molecule has 3 N–H and O–H groups in total. The standard InChI is InChI=1S/C28H23N5O4S.2O3S/c1-17-7-3-6-10-23(17)30-31-24-13-14-25(22-15-18(38(34,35)36)11-12-20(22)24)32-33-26-16-27(37-2)28(29)21-9-5-4-8-19(21)26;2*1-4(2)3/h3-16H,29H2,1-2H3,(H,34,35,36);;. The Bertz CT molecular complexity index is 2290. The summed E-state index contributed by atoms with van der Waals surface area (Å²) >= 11 is 0. The van der Waals surface area contributed by atoms with Gasteiger partial charge in [-0.2, -0.15) is 13.5 Å². The molecule has 0 amide bonds. The second-order valence-electron chi connectivity index (χ2n) is 8.94. The Hall–Kier alpha value is -5.43. The summed E-state index contributed by atoms with van der Waals surface area (Å²) in [4.78, 5) is -0.269. The van der Waals surface area contributed by atoms with E-state index in [-0.39, 0.29) is 4.90 Å². The van der Waals surface area contributed by atoms with Gasteiger partial charge in [-0.05, 0) is 42.8 Å². The molecule has 0 bridgehead atoms. The van der Waals surface area contributed by atoms with Crippen molar-refractivity contribution in [2.75, 3.05) is 12.8 Å². The number of benzene rings is 5. The number of hydrogen-bond acceptors (Lipinski definition) is 14. The number of nitrogens with two attached hydrogens (primary N) is 1. The number of nitrogen functional groups attached to an aromatic ring is 1. The minimum absolute atomic E-state index is 0.269. The van der Waals surface area contributed by atoms with Crippen LogP contribution in [0, 0.1) is 6.92 Å². The van der Waals surface area contributed by atoms with Gasteiger partial charge in [0.15, 0.2) is 0 Å². The number of fused-ring (bicyclic) bond motifs is 2. The molecule has 0 atom stereocenters. The number of hydrogen-bond donors (Lipinski definition) is 2. The highest BCUT2D eigenvalue weighted by atomic mass is 32.2. The van der Waals surface area contributed by atoms with Crippen LogP contribution in [0.15, 0.2) is 110 Å². The third-order valence-corrected chi connectivity index (χ3v) is 6.98. The second-order valence-corrected chi connectivity index (χ2v) is 11.2. The molecular formula is C28H23N5O10S3. The Balaban J connectivity index is 0.000000647. The smallest absolute Gasteiger partial charge is 0.425 e. The maximum Gasteiger partial charge on any atom is 0.425 e. The molecule has 0 aliphatic heterocycles. The van der Waals surface area contributed by atoms with Crippen LogP contribution in [0.25, 0.3) is 21.5 Å². The minimum atomic E-state index is -4.45. The van der Waals surface area contributed by atoms with Gasteiger partial charge < -0.3 is 10.5 Å². The van der Waals surface area contributed by atoms with E-state index in [0.29, 0.717) is 45.0 Å². The number of ether oxygens (including phenoxy) is 1. The van der Waals surface area contributed by atoms with Gasteiger partial charge in [-0.25, -0.2) is 0 Å².